The summed E-state index contributed by atoms with van der Waals surface area (Å²) in [5.41, 5.74) is 4.68. The highest BCUT2D eigenvalue weighted by Gasteiger charge is 2.15. The van der Waals surface area contributed by atoms with E-state index in [9.17, 15) is 9.90 Å². The number of benzene rings is 3. The zero-order valence-electron chi connectivity index (χ0n) is 15.3. The summed E-state index contributed by atoms with van der Waals surface area (Å²) in [4.78, 5) is 12.0. The highest BCUT2D eigenvalue weighted by Crippen LogP contribution is 2.26. The van der Waals surface area contributed by atoms with Gasteiger partial charge < -0.3 is 9.84 Å². The maximum atomic E-state index is 12.0. The van der Waals surface area contributed by atoms with E-state index in [1.54, 1.807) is 24.3 Å². The minimum atomic E-state index is -1.27. The molecule has 0 bridgehead atoms. The molecule has 0 radical (unpaired) electrons. The fraction of sp³-hybridized carbons (Fsp3) is 0.0909. The molecule has 0 aromatic heterocycles. The Morgan fingerprint density at radius 2 is 1.79 bits per heavy atom. The lowest BCUT2D eigenvalue weighted by atomic mass is 10.1. The smallest absolute Gasteiger partial charge is 0.273 e. The Morgan fingerprint density at radius 3 is 2.48 bits per heavy atom. The van der Waals surface area contributed by atoms with Crippen LogP contribution in [0.1, 0.15) is 22.8 Å². The van der Waals surface area contributed by atoms with Crippen molar-refractivity contribution in [1.29, 1.82) is 0 Å². The van der Waals surface area contributed by atoms with Crippen molar-refractivity contribution < 1.29 is 14.6 Å². The molecule has 3 rings (SSSR count). The number of hydrogen-bond acceptors (Lipinski definition) is 4. The van der Waals surface area contributed by atoms with E-state index in [1.165, 1.54) is 6.21 Å². The van der Waals surface area contributed by atoms with Gasteiger partial charge in [-0.15, -0.1) is 0 Å². The van der Waals surface area contributed by atoms with Crippen LogP contribution in [0, 0.1) is 0 Å². The second kappa shape index (κ2) is 10.3. The van der Waals surface area contributed by atoms with Crippen LogP contribution in [0.25, 0.3) is 0 Å². The number of aliphatic hydroxyl groups excluding tert-OH is 1. The van der Waals surface area contributed by atoms with E-state index < -0.39 is 12.0 Å². The molecule has 148 valence electrons. The molecule has 0 aliphatic heterocycles. The van der Waals surface area contributed by atoms with Crippen LogP contribution < -0.4 is 10.2 Å². The summed E-state index contributed by atoms with van der Waals surface area (Å²) in [6, 6.07) is 22.1. The lowest BCUT2D eigenvalue weighted by Gasteiger charge is -2.09. The summed E-state index contributed by atoms with van der Waals surface area (Å²) in [7, 11) is 0. The Kier molecular flexibility index (Phi) is 7.57. The molecule has 0 saturated heterocycles. The van der Waals surface area contributed by atoms with Crippen molar-refractivity contribution >= 4 is 44.0 Å². The molecular weight excluding hydrogens is 500 g/mol. The van der Waals surface area contributed by atoms with E-state index in [4.69, 9.17) is 4.74 Å². The quantitative estimate of drug-likeness (QED) is 0.343. The molecule has 5 nitrogen and oxygen atoms in total. The summed E-state index contributed by atoms with van der Waals surface area (Å²) < 4.78 is 7.63. The summed E-state index contributed by atoms with van der Waals surface area (Å²) in [5, 5.41) is 13.9. The standard InChI is InChI=1S/C22H18Br2N2O3/c23-18-9-6-15(7-10-18)14-29-20-11-8-16(12-19(20)24)13-25-26-22(28)21(27)17-4-2-1-3-5-17/h1-13,21,27H,14H2,(H,26,28)/b25-13-/t21-/m0/s1. The van der Waals surface area contributed by atoms with Gasteiger partial charge in [-0.05, 0) is 63.0 Å². The highest BCUT2D eigenvalue weighted by atomic mass is 79.9. The van der Waals surface area contributed by atoms with Crippen molar-refractivity contribution in [2.24, 2.45) is 5.10 Å². The minimum Gasteiger partial charge on any atom is -0.488 e. The van der Waals surface area contributed by atoms with Gasteiger partial charge in [0.05, 0.1) is 10.7 Å². The largest absolute Gasteiger partial charge is 0.488 e. The van der Waals surface area contributed by atoms with Crippen molar-refractivity contribution in [3.05, 3.63) is 98.4 Å². The summed E-state index contributed by atoms with van der Waals surface area (Å²) in [5.74, 6) is 0.106. The number of carbonyl (C=O) groups is 1. The molecule has 0 heterocycles. The first-order valence-electron chi connectivity index (χ1n) is 8.75. The molecule has 29 heavy (non-hydrogen) atoms. The first-order valence-corrected chi connectivity index (χ1v) is 10.3. The van der Waals surface area contributed by atoms with Crippen LogP contribution in [0.4, 0.5) is 0 Å². The van der Waals surface area contributed by atoms with Gasteiger partial charge in [0.25, 0.3) is 5.91 Å². The number of hydrazone groups is 1. The summed E-state index contributed by atoms with van der Waals surface area (Å²) in [6.07, 6.45) is 0.230. The van der Waals surface area contributed by atoms with E-state index in [0.29, 0.717) is 17.9 Å². The van der Waals surface area contributed by atoms with Crippen LogP contribution in [0.15, 0.2) is 86.8 Å². The van der Waals surface area contributed by atoms with Crippen molar-refractivity contribution in [2.45, 2.75) is 12.7 Å². The predicted molar refractivity (Wildman–Crippen MR) is 120 cm³/mol. The molecule has 7 heteroatoms. The van der Waals surface area contributed by atoms with Crippen molar-refractivity contribution in [1.82, 2.24) is 5.43 Å². The van der Waals surface area contributed by atoms with Crippen LogP contribution in [0.5, 0.6) is 5.75 Å². The number of hydrogen-bond donors (Lipinski definition) is 2. The van der Waals surface area contributed by atoms with E-state index in [0.717, 1.165) is 20.1 Å². The monoisotopic (exact) mass is 516 g/mol. The molecular formula is C22H18Br2N2O3. The average molecular weight is 518 g/mol. The number of nitrogens with zero attached hydrogens (tertiary/aromatic N) is 1. The van der Waals surface area contributed by atoms with Gasteiger partial charge in [-0.2, -0.15) is 5.10 Å². The van der Waals surface area contributed by atoms with E-state index in [-0.39, 0.29) is 0 Å². The van der Waals surface area contributed by atoms with Gasteiger partial charge in [0, 0.05) is 4.47 Å². The van der Waals surface area contributed by atoms with Gasteiger partial charge in [0.15, 0.2) is 6.10 Å². The molecule has 0 fully saturated rings. The number of rotatable bonds is 7. The fourth-order valence-electron chi connectivity index (χ4n) is 2.47. The molecule has 2 N–H and O–H groups in total. The van der Waals surface area contributed by atoms with Crippen LogP contribution in [-0.4, -0.2) is 17.2 Å². The van der Waals surface area contributed by atoms with Gasteiger partial charge in [-0.25, -0.2) is 5.43 Å². The van der Waals surface area contributed by atoms with Crippen molar-refractivity contribution in [2.75, 3.05) is 0 Å². The van der Waals surface area contributed by atoms with Gasteiger partial charge >= 0.3 is 0 Å². The van der Waals surface area contributed by atoms with Crippen LogP contribution in [0.2, 0.25) is 0 Å². The number of aliphatic hydroxyl groups is 1. The Morgan fingerprint density at radius 1 is 1.07 bits per heavy atom. The van der Waals surface area contributed by atoms with Crippen LogP contribution in [-0.2, 0) is 11.4 Å². The number of amides is 1. The SMILES string of the molecule is O=C(N/N=C\c1ccc(OCc2ccc(Br)cc2)c(Br)c1)[C@@H](O)c1ccccc1. The molecule has 3 aromatic rings. The number of nitrogens with one attached hydrogen (secondary N) is 1. The summed E-state index contributed by atoms with van der Waals surface area (Å²) in [6.45, 7) is 0.451. The molecule has 0 spiro atoms. The maximum Gasteiger partial charge on any atom is 0.273 e. The van der Waals surface area contributed by atoms with Crippen molar-refractivity contribution in [3.8, 4) is 5.75 Å². The summed E-state index contributed by atoms with van der Waals surface area (Å²) >= 11 is 6.89. The first kappa shape index (κ1) is 21.2. The van der Waals surface area contributed by atoms with E-state index >= 15 is 0 Å². The van der Waals surface area contributed by atoms with E-state index in [2.05, 4.69) is 42.4 Å². The number of carbonyl (C=O) groups excluding carboxylic acids is 1. The predicted octanol–water partition coefficient (Wildman–Crippen LogP) is 4.97. The zero-order valence-corrected chi connectivity index (χ0v) is 18.4. The molecule has 0 unspecified atom stereocenters. The fourth-order valence-corrected chi connectivity index (χ4v) is 3.25. The average Bonchev–Trinajstić information content (AvgIpc) is 2.74. The normalized spacial score (nSPS) is 12.0. The second-order valence-electron chi connectivity index (χ2n) is 6.15. The highest BCUT2D eigenvalue weighted by molar-refractivity contribution is 9.10. The molecule has 0 aliphatic rings. The van der Waals surface area contributed by atoms with Gasteiger partial charge in [-0.3, -0.25) is 4.79 Å². The van der Waals surface area contributed by atoms with Crippen LogP contribution in [0.3, 0.4) is 0 Å². The Hall–Kier alpha value is -2.48. The minimum absolute atomic E-state index is 0.451. The maximum absolute atomic E-state index is 12.0. The third-order valence-corrected chi connectivity index (χ3v) is 5.16. The van der Waals surface area contributed by atoms with Gasteiger partial charge in [0.2, 0.25) is 0 Å². The third kappa shape index (κ3) is 6.25. The van der Waals surface area contributed by atoms with Gasteiger partial charge in [-0.1, -0.05) is 58.4 Å². The Bertz CT molecular complexity index is 993. The Balaban J connectivity index is 1.55. The van der Waals surface area contributed by atoms with Crippen LogP contribution >= 0.6 is 31.9 Å². The molecule has 0 aliphatic carbocycles. The third-order valence-electron chi connectivity index (χ3n) is 4.02. The molecule has 1 amide bonds. The zero-order chi connectivity index (χ0) is 20.6. The van der Waals surface area contributed by atoms with Crippen molar-refractivity contribution in [3.63, 3.8) is 0 Å². The topological polar surface area (TPSA) is 70.9 Å². The molecule has 3 aromatic carbocycles. The number of halogens is 2. The molecule has 1 atom stereocenters. The number of ether oxygens (including phenoxy) is 1. The second-order valence-corrected chi connectivity index (χ2v) is 7.92. The van der Waals surface area contributed by atoms with Gasteiger partial charge in [0.1, 0.15) is 12.4 Å². The first-order chi connectivity index (χ1) is 14.0. The molecule has 0 saturated carbocycles. The van der Waals surface area contributed by atoms with E-state index in [1.807, 2.05) is 48.5 Å². The Labute approximate surface area is 185 Å². The lowest BCUT2D eigenvalue weighted by molar-refractivity contribution is -0.129. The lowest BCUT2D eigenvalue weighted by Crippen LogP contribution is -2.25.